The third kappa shape index (κ3) is 5.63. The van der Waals surface area contributed by atoms with Gasteiger partial charge in [0, 0.05) is 12.8 Å². The zero-order valence-electron chi connectivity index (χ0n) is 18.5. The molecule has 2 aromatic heterocycles. The van der Waals surface area contributed by atoms with Crippen LogP contribution in [0.2, 0.25) is 0 Å². The average molecular weight is 491 g/mol. The zero-order chi connectivity index (χ0) is 22.9. The Morgan fingerprint density at radius 3 is 2.76 bits per heavy atom. The fourth-order valence-electron chi connectivity index (χ4n) is 3.63. The van der Waals surface area contributed by atoms with Gasteiger partial charge in [-0.3, -0.25) is 18.7 Å². The minimum absolute atomic E-state index is 0. The maximum Gasteiger partial charge on any atom is 1.00 e. The van der Waals surface area contributed by atoms with Gasteiger partial charge in [-0.15, -0.1) is 0 Å². The Balaban J connectivity index is 0.00000306. The molecule has 174 valence electrons. The number of carbonyl (C=O) groups excluding carboxylic acids is 2. The second-order valence-corrected chi connectivity index (χ2v) is 8.79. The second-order valence-electron chi connectivity index (χ2n) is 7.43. The number of rotatable bonds is 7. The topological polar surface area (TPSA) is 167 Å². The molecule has 0 saturated carbocycles. The number of phosphoric ester groups is 1. The molecule has 2 aromatic rings. The summed E-state index contributed by atoms with van der Waals surface area (Å²) in [6.07, 6.45) is 0.404. The van der Waals surface area contributed by atoms with E-state index in [2.05, 4.69) is 20.3 Å². The Bertz CT molecular complexity index is 1070. The number of aromatic nitrogens is 4. The van der Waals surface area contributed by atoms with E-state index in [1.807, 2.05) is 13.8 Å². The number of esters is 1. The van der Waals surface area contributed by atoms with Crippen LogP contribution in [0.3, 0.4) is 0 Å². The molecule has 13 nitrogen and oxygen atoms in total. The number of ether oxygens (including phenoxy) is 2. The van der Waals surface area contributed by atoms with Crippen LogP contribution in [0.1, 0.15) is 45.8 Å². The van der Waals surface area contributed by atoms with Crippen LogP contribution in [0.4, 0.5) is 5.82 Å². The summed E-state index contributed by atoms with van der Waals surface area (Å²) >= 11 is 0. The van der Waals surface area contributed by atoms with E-state index in [1.165, 1.54) is 17.2 Å². The van der Waals surface area contributed by atoms with Crippen LogP contribution in [-0.4, -0.2) is 56.3 Å². The Morgan fingerprint density at radius 2 is 2.03 bits per heavy atom. The zero-order valence-corrected chi connectivity index (χ0v) is 21.4. The van der Waals surface area contributed by atoms with Crippen molar-refractivity contribution in [2.75, 3.05) is 11.9 Å². The third-order valence-electron chi connectivity index (χ3n) is 5.02. The van der Waals surface area contributed by atoms with E-state index in [1.54, 1.807) is 0 Å². The van der Waals surface area contributed by atoms with Crippen molar-refractivity contribution < 1.29 is 67.1 Å². The number of imidazole rings is 1. The van der Waals surface area contributed by atoms with Crippen LogP contribution < -0.4 is 39.8 Å². The van der Waals surface area contributed by atoms with E-state index in [9.17, 15) is 19.0 Å². The van der Waals surface area contributed by atoms with Gasteiger partial charge in [0.2, 0.25) is 5.91 Å². The van der Waals surface area contributed by atoms with Crippen molar-refractivity contribution in [1.29, 1.82) is 0 Å². The molecule has 4 heterocycles. The van der Waals surface area contributed by atoms with E-state index in [-0.39, 0.29) is 54.3 Å². The molecular formula is C18H23N5NaO8P. The molecule has 1 N–H and O–H groups in total. The number of carbonyl (C=O) groups is 2. The minimum atomic E-state index is -4.55. The fourth-order valence-corrected chi connectivity index (χ4v) is 4.57. The van der Waals surface area contributed by atoms with E-state index in [0.717, 1.165) is 0 Å². The number of amides is 1. The first-order valence-electron chi connectivity index (χ1n) is 10.3. The number of hydrogen-bond donors (Lipinski definition) is 1. The SMILES string of the molecule is CCCC(=O)Nc1ncnc2c1ncn2[C@H]1O[C@H]2COP(=O)([O-])O[C@H]2C1OC(=O)CCC.[Na+]. The number of nitrogens with zero attached hydrogens (tertiary/aromatic N) is 4. The molecule has 4 rings (SSSR count). The molecule has 33 heavy (non-hydrogen) atoms. The van der Waals surface area contributed by atoms with Gasteiger partial charge >= 0.3 is 35.5 Å². The number of fused-ring (bicyclic) bond motifs is 2. The third-order valence-corrected chi connectivity index (χ3v) is 5.99. The maximum absolute atomic E-state index is 12.2. The van der Waals surface area contributed by atoms with Crippen LogP contribution in [0, 0.1) is 0 Å². The van der Waals surface area contributed by atoms with Gasteiger partial charge in [-0.05, 0) is 12.8 Å². The first-order chi connectivity index (χ1) is 15.3. The van der Waals surface area contributed by atoms with Crippen molar-refractivity contribution >= 4 is 36.7 Å². The summed E-state index contributed by atoms with van der Waals surface area (Å²) in [5.74, 6) is -0.506. The monoisotopic (exact) mass is 491 g/mol. The van der Waals surface area contributed by atoms with Crippen LogP contribution in [-0.2, 0) is 32.7 Å². The van der Waals surface area contributed by atoms with Gasteiger partial charge in [0.05, 0.1) is 12.9 Å². The molecule has 2 unspecified atom stereocenters. The Morgan fingerprint density at radius 1 is 1.27 bits per heavy atom. The molecule has 0 bridgehead atoms. The van der Waals surface area contributed by atoms with Gasteiger partial charge in [-0.2, -0.15) is 0 Å². The molecule has 1 amide bonds. The van der Waals surface area contributed by atoms with Gasteiger partial charge in [0.1, 0.15) is 18.5 Å². The predicted molar refractivity (Wildman–Crippen MR) is 106 cm³/mol. The van der Waals surface area contributed by atoms with Gasteiger partial charge in [-0.25, -0.2) is 15.0 Å². The molecule has 0 spiro atoms. The summed E-state index contributed by atoms with van der Waals surface area (Å²) in [7, 11) is -4.55. The molecule has 5 atom stereocenters. The molecule has 0 aliphatic carbocycles. The van der Waals surface area contributed by atoms with Crippen molar-refractivity contribution in [3.63, 3.8) is 0 Å². The molecular weight excluding hydrogens is 468 g/mol. The summed E-state index contributed by atoms with van der Waals surface area (Å²) in [4.78, 5) is 48.7. The number of anilines is 1. The Labute approximate surface area is 211 Å². The molecule has 0 aromatic carbocycles. The summed E-state index contributed by atoms with van der Waals surface area (Å²) in [5.41, 5.74) is 0.610. The first-order valence-corrected chi connectivity index (χ1v) is 11.7. The fraction of sp³-hybridized carbons (Fsp3) is 0.611. The minimum Gasteiger partial charge on any atom is -0.756 e. The largest absolute Gasteiger partial charge is 1.00 e. The van der Waals surface area contributed by atoms with E-state index >= 15 is 0 Å². The van der Waals surface area contributed by atoms with Crippen LogP contribution >= 0.6 is 7.82 Å². The number of nitrogens with one attached hydrogen (secondary N) is 1. The molecule has 2 aliphatic heterocycles. The van der Waals surface area contributed by atoms with Crippen molar-refractivity contribution in [1.82, 2.24) is 19.5 Å². The number of phosphoric acid groups is 1. The first kappa shape index (κ1) is 26.2. The molecule has 15 heteroatoms. The summed E-state index contributed by atoms with van der Waals surface area (Å²) in [6.45, 7) is 3.43. The van der Waals surface area contributed by atoms with Crippen molar-refractivity contribution in [2.24, 2.45) is 0 Å². The Kier molecular flexibility index (Phi) is 8.62. The van der Waals surface area contributed by atoms with E-state index in [0.29, 0.717) is 30.4 Å². The second kappa shape index (κ2) is 10.9. The summed E-state index contributed by atoms with van der Waals surface area (Å²) < 4.78 is 34.7. The molecule has 0 radical (unpaired) electrons. The summed E-state index contributed by atoms with van der Waals surface area (Å²) in [5, 5.41) is 2.70. The maximum atomic E-state index is 12.2. The molecule has 2 aliphatic rings. The standard InChI is InChI=1S/C18H24N5O8P.Na/c1-3-5-11(24)22-16-13-17(20-8-19-16)23(9-21-13)18-15(30-12(25)6-4-2)14-10(29-18)7-28-32(26,27)31-14;/h8-10,14-15,18H,3-7H2,1-2H3,(H,26,27)(H,19,20,22,24);/q;+1/p-1/t10-,14+,15?,18-;/m0./s1. The normalized spacial score (nSPS) is 28.7. The van der Waals surface area contributed by atoms with Gasteiger partial charge < -0.3 is 28.7 Å². The molecule has 2 fully saturated rings. The quantitative estimate of drug-likeness (QED) is 0.260. The van der Waals surface area contributed by atoms with Crippen LogP contribution in [0.15, 0.2) is 12.7 Å². The molecule has 2 saturated heterocycles. The smallest absolute Gasteiger partial charge is 0.756 e. The van der Waals surface area contributed by atoms with Crippen molar-refractivity contribution in [3.05, 3.63) is 12.7 Å². The summed E-state index contributed by atoms with van der Waals surface area (Å²) in [6, 6.07) is 0. The van der Waals surface area contributed by atoms with Gasteiger partial charge in [-0.1, -0.05) is 13.8 Å². The van der Waals surface area contributed by atoms with Crippen molar-refractivity contribution in [3.8, 4) is 0 Å². The van der Waals surface area contributed by atoms with Crippen LogP contribution in [0.5, 0.6) is 0 Å². The van der Waals surface area contributed by atoms with E-state index < -0.39 is 38.3 Å². The predicted octanol–water partition coefficient (Wildman–Crippen LogP) is -1.94. The average Bonchev–Trinajstić information content (AvgIpc) is 3.30. The number of hydrogen-bond acceptors (Lipinski definition) is 11. The van der Waals surface area contributed by atoms with Gasteiger partial charge in [0.15, 0.2) is 29.3 Å². The van der Waals surface area contributed by atoms with Gasteiger partial charge in [0.25, 0.3) is 7.82 Å². The van der Waals surface area contributed by atoms with E-state index in [4.69, 9.17) is 18.5 Å². The Hall–Kier alpha value is -1.44. The van der Waals surface area contributed by atoms with Crippen LogP contribution in [0.25, 0.3) is 11.2 Å². The van der Waals surface area contributed by atoms with Crippen molar-refractivity contribution in [2.45, 2.75) is 64.1 Å².